The number of carbonyl (C=O) groups is 3. The lowest BCUT2D eigenvalue weighted by atomic mass is 9.92. The number of ether oxygens (including phenoxy) is 1. The third kappa shape index (κ3) is 5.56. The molecular formula is C23H32N2O6S. The lowest BCUT2D eigenvalue weighted by Crippen LogP contribution is -2.49. The number of benzene rings is 1. The quantitative estimate of drug-likeness (QED) is 0.474. The maximum absolute atomic E-state index is 13.2. The molecule has 1 aromatic carbocycles. The van der Waals surface area contributed by atoms with Gasteiger partial charge in [0.15, 0.2) is 12.4 Å². The van der Waals surface area contributed by atoms with Crippen LogP contribution in [0.4, 0.5) is 0 Å². The molecule has 8 nitrogen and oxygen atoms in total. The monoisotopic (exact) mass is 464 g/mol. The molecule has 0 aromatic heterocycles. The van der Waals surface area contributed by atoms with Crippen molar-refractivity contribution in [1.82, 2.24) is 9.21 Å². The highest BCUT2D eigenvalue weighted by Crippen LogP contribution is 2.27. The van der Waals surface area contributed by atoms with E-state index in [1.165, 1.54) is 31.2 Å². The molecule has 176 valence electrons. The molecule has 0 radical (unpaired) electrons. The highest BCUT2D eigenvalue weighted by Gasteiger charge is 2.39. The number of esters is 1. The summed E-state index contributed by atoms with van der Waals surface area (Å²) in [6.07, 6.45) is 2.74. The molecule has 2 aliphatic heterocycles. The molecule has 0 N–H and O–H groups in total. The SMILES string of the molecule is CC(=O)c1ccc(S(=O)(=O)N2CCCCC2C(=O)OCC(=O)N2CC(C)CC(C)C2)cc1. The number of nitrogens with zero attached hydrogens (tertiary/aromatic N) is 2. The first-order valence-electron chi connectivity index (χ1n) is 11.2. The molecule has 0 saturated carbocycles. The van der Waals surface area contributed by atoms with E-state index in [-0.39, 0.29) is 29.7 Å². The summed E-state index contributed by atoms with van der Waals surface area (Å²) in [6, 6.07) is 4.72. The van der Waals surface area contributed by atoms with Gasteiger partial charge in [0, 0.05) is 25.2 Å². The molecule has 2 heterocycles. The van der Waals surface area contributed by atoms with Crippen molar-refractivity contribution < 1.29 is 27.5 Å². The van der Waals surface area contributed by atoms with Gasteiger partial charge in [-0.3, -0.25) is 14.4 Å². The Bertz CT molecular complexity index is 949. The molecule has 32 heavy (non-hydrogen) atoms. The van der Waals surface area contributed by atoms with Crippen LogP contribution in [0.2, 0.25) is 0 Å². The molecule has 9 heteroatoms. The zero-order valence-electron chi connectivity index (χ0n) is 19.0. The average Bonchev–Trinajstić information content (AvgIpc) is 2.76. The third-order valence-electron chi connectivity index (χ3n) is 6.15. The molecule has 0 aliphatic carbocycles. The predicted molar refractivity (Wildman–Crippen MR) is 118 cm³/mol. The van der Waals surface area contributed by atoms with Gasteiger partial charge in [-0.1, -0.05) is 26.0 Å². The van der Waals surface area contributed by atoms with Crippen LogP contribution in [0.3, 0.4) is 0 Å². The number of hydrogen-bond donors (Lipinski definition) is 0. The number of hydrogen-bond acceptors (Lipinski definition) is 6. The van der Waals surface area contributed by atoms with E-state index in [2.05, 4.69) is 13.8 Å². The zero-order valence-corrected chi connectivity index (χ0v) is 19.8. The molecule has 2 fully saturated rings. The lowest BCUT2D eigenvalue weighted by molar-refractivity contribution is -0.156. The van der Waals surface area contributed by atoms with Crippen LogP contribution in [0.15, 0.2) is 29.2 Å². The van der Waals surface area contributed by atoms with Gasteiger partial charge in [-0.15, -0.1) is 0 Å². The fourth-order valence-corrected chi connectivity index (χ4v) is 6.26. The molecule has 0 bridgehead atoms. The van der Waals surface area contributed by atoms with Crippen molar-refractivity contribution in [1.29, 1.82) is 0 Å². The maximum Gasteiger partial charge on any atom is 0.324 e. The van der Waals surface area contributed by atoms with Crippen LogP contribution in [0.25, 0.3) is 0 Å². The van der Waals surface area contributed by atoms with E-state index in [1.807, 2.05) is 0 Å². The molecule has 0 spiro atoms. The summed E-state index contributed by atoms with van der Waals surface area (Å²) >= 11 is 0. The van der Waals surface area contributed by atoms with Gasteiger partial charge >= 0.3 is 5.97 Å². The second-order valence-corrected chi connectivity index (χ2v) is 11.0. The largest absolute Gasteiger partial charge is 0.454 e. The van der Waals surface area contributed by atoms with Crippen LogP contribution in [-0.2, 0) is 24.3 Å². The number of carbonyl (C=O) groups excluding carboxylic acids is 3. The Hall–Kier alpha value is -2.26. The molecule has 3 unspecified atom stereocenters. The van der Waals surface area contributed by atoms with Crippen molar-refractivity contribution in [3.63, 3.8) is 0 Å². The fourth-order valence-electron chi connectivity index (χ4n) is 4.61. The topological polar surface area (TPSA) is 101 Å². The van der Waals surface area contributed by atoms with E-state index >= 15 is 0 Å². The van der Waals surface area contributed by atoms with E-state index in [9.17, 15) is 22.8 Å². The van der Waals surface area contributed by atoms with Gasteiger partial charge < -0.3 is 9.64 Å². The average molecular weight is 465 g/mol. The molecule has 1 amide bonds. The van der Waals surface area contributed by atoms with Crippen molar-refractivity contribution >= 4 is 27.7 Å². The van der Waals surface area contributed by atoms with Crippen molar-refractivity contribution in [3.05, 3.63) is 29.8 Å². The Morgan fingerprint density at radius 1 is 1.03 bits per heavy atom. The second kappa shape index (κ2) is 10.1. The van der Waals surface area contributed by atoms with Gasteiger partial charge in [0.25, 0.3) is 5.91 Å². The van der Waals surface area contributed by atoms with Crippen LogP contribution in [0.1, 0.15) is 56.8 Å². The smallest absolute Gasteiger partial charge is 0.324 e. The molecule has 3 atom stereocenters. The van der Waals surface area contributed by atoms with Gasteiger partial charge in [0.2, 0.25) is 10.0 Å². The number of likely N-dealkylation sites (tertiary alicyclic amines) is 1. The predicted octanol–water partition coefficient (Wildman–Crippen LogP) is 2.48. The number of sulfonamides is 1. The molecular weight excluding hydrogens is 432 g/mol. The first-order valence-corrected chi connectivity index (χ1v) is 12.6. The zero-order chi connectivity index (χ0) is 23.5. The van der Waals surface area contributed by atoms with E-state index in [4.69, 9.17) is 4.74 Å². The van der Waals surface area contributed by atoms with Crippen LogP contribution in [0, 0.1) is 11.8 Å². The molecule has 2 saturated heterocycles. The third-order valence-corrected chi connectivity index (χ3v) is 8.08. The number of amides is 1. The Balaban J connectivity index is 1.68. The summed E-state index contributed by atoms with van der Waals surface area (Å²) in [5.74, 6) is -0.309. The maximum atomic E-state index is 13.2. The van der Waals surface area contributed by atoms with Crippen molar-refractivity contribution in [2.45, 2.75) is 57.4 Å². The lowest BCUT2D eigenvalue weighted by Gasteiger charge is -2.35. The van der Waals surface area contributed by atoms with E-state index in [0.29, 0.717) is 49.8 Å². The standard InChI is InChI=1S/C23H32N2O6S/c1-16-12-17(2)14-24(13-16)22(27)15-31-23(28)21-6-4-5-11-25(21)32(29,30)20-9-7-19(8-10-20)18(3)26/h7-10,16-17,21H,4-6,11-15H2,1-3H3. The first-order chi connectivity index (χ1) is 15.1. The summed E-state index contributed by atoms with van der Waals surface area (Å²) in [7, 11) is -3.95. The van der Waals surface area contributed by atoms with Crippen molar-refractivity contribution in [2.24, 2.45) is 11.8 Å². The van der Waals surface area contributed by atoms with Gasteiger partial charge in [-0.05, 0) is 56.6 Å². The van der Waals surface area contributed by atoms with Crippen LogP contribution in [0.5, 0.6) is 0 Å². The van der Waals surface area contributed by atoms with Gasteiger partial charge in [-0.2, -0.15) is 4.31 Å². The normalized spacial score (nSPS) is 24.7. The summed E-state index contributed by atoms with van der Waals surface area (Å²) < 4.78 is 32.9. The Labute approximate surface area is 190 Å². The molecule has 3 rings (SSSR count). The highest BCUT2D eigenvalue weighted by molar-refractivity contribution is 7.89. The summed E-state index contributed by atoms with van der Waals surface area (Å²) in [4.78, 5) is 38.6. The Kier molecular flexibility index (Phi) is 7.71. The van der Waals surface area contributed by atoms with E-state index in [1.54, 1.807) is 4.90 Å². The van der Waals surface area contributed by atoms with Crippen LogP contribution < -0.4 is 0 Å². The van der Waals surface area contributed by atoms with Crippen LogP contribution >= 0.6 is 0 Å². The summed E-state index contributed by atoms with van der Waals surface area (Å²) in [5.41, 5.74) is 0.415. The molecule has 1 aromatic rings. The summed E-state index contributed by atoms with van der Waals surface area (Å²) in [5, 5.41) is 0. The van der Waals surface area contributed by atoms with Crippen LogP contribution in [-0.4, -0.2) is 67.6 Å². The Morgan fingerprint density at radius 3 is 2.25 bits per heavy atom. The number of piperidine rings is 2. The minimum atomic E-state index is -3.95. The van der Waals surface area contributed by atoms with Gasteiger partial charge in [0.1, 0.15) is 6.04 Å². The highest BCUT2D eigenvalue weighted by atomic mass is 32.2. The van der Waals surface area contributed by atoms with Crippen molar-refractivity contribution in [3.8, 4) is 0 Å². The minimum Gasteiger partial charge on any atom is -0.454 e. The fraction of sp³-hybridized carbons (Fsp3) is 0.609. The van der Waals surface area contributed by atoms with Gasteiger partial charge in [-0.25, -0.2) is 8.42 Å². The summed E-state index contributed by atoms with van der Waals surface area (Å²) in [6.45, 7) is 6.70. The van der Waals surface area contributed by atoms with Crippen molar-refractivity contribution in [2.75, 3.05) is 26.2 Å². The Morgan fingerprint density at radius 2 is 1.66 bits per heavy atom. The van der Waals surface area contributed by atoms with E-state index in [0.717, 1.165) is 10.7 Å². The first kappa shape index (κ1) is 24.4. The number of ketones is 1. The number of Topliss-reactive ketones (excluding diaryl/α,β-unsaturated/α-hetero) is 1. The number of rotatable bonds is 6. The molecule has 2 aliphatic rings. The van der Waals surface area contributed by atoms with Gasteiger partial charge in [0.05, 0.1) is 4.90 Å². The van der Waals surface area contributed by atoms with E-state index < -0.39 is 22.0 Å². The second-order valence-electron chi connectivity index (χ2n) is 9.06. The minimum absolute atomic E-state index is 0.0227.